The normalized spacial score (nSPS) is 10.4. The van der Waals surface area contributed by atoms with Crippen molar-refractivity contribution in [3.8, 4) is 11.5 Å². The number of rotatable bonds is 3. The molecule has 0 spiro atoms. The highest BCUT2D eigenvalue weighted by Crippen LogP contribution is 2.20. The summed E-state index contributed by atoms with van der Waals surface area (Å²) in [6.45, 7) is 0. The lowest BCUT2D eigenvalue weighted by molar-refractivity contribution is 0.432. The Morgan fingerprint density at radius 3 is 2.71 bits per heavy atom. The van der Waals surface area contributed by atoms with Crippen molar-refractivity contribution < 1.29 is 8.94 Å². The smallest absolute Gasteiger partial charge is 0.268 e. The molecule has 0 fully saturated rings. The summed E-state index contributed by atoms with van der Waals surface area (Å²) in [4.78, 5) is 4.20. The van der Waals surface area contributed by atoms with Crippen LogP contribution >= 0.6 is 0 Å². The Morgan fingerprint density at radius 1 is 1.06 bits per heavy atom. The average molecular weight is 227 g/mol. The lowest BCUT2D eigenvalue weighted by atomic mass is 10.3. The van der Waals surface area contributed by atoms with Crippen molar-refractivity contribution in [3.05, 3.63) is 48.9 Å². The van der Waals surface area contributed by atoms with Gasteiger partial charge in [-0.3, -0.25) is 0 Å². The van der Waals surface area contributed by atoms with Crippen LogP contribution in [0.25, 0.3) is 11.5 Å². The number of nitrogens with zero attached hydrogens (tertiary/aromatic N) is 2. The summed E-state index contributed by atoms with van der Waals surface area (Å²) >= 11 is 0. The second-order valence-corrected chi connectivity index (χ2v) is 3.43. The van der Waals surface area contributed by atoms with Crippen LogP contribution in [0.3, 0.4) is 0 Å². The molecule has 3 rings (SSSR count). The van der Waals surface area contributed by atoms with Gasteiger partial charge in [0.05, 0.1) is 11.8 Å². The Kier molecular flexibility index (Phi) is 2.34. The van der Waals surface area contributed by atoms with Crippen molar-refractivity contribution in [2.24, 2.45) is 0 Å². The van der Waals surface area contributed by atoms with E-state index in [1.165, 1.54) is 0 Å². The fourth-order valence-corrected chi connectivity index (χ4v) is 1.43. The third-order valence-corrected chi connectivity index (χ3v) is 2.22. The van der Waals surface area contributed by atoms with Crippen LogP contribution in [0.4, 0.5) is 11.6 Å². The first-order chi connectivity index (χ1) is 8.42. The number of hydrogen-bond donors (Lipinski definition) is 1. The molecule has 0 radical (unpaired) electrons. The van der Waals surface area contributed by atoms with E-state index >= 15 is 0 Å². The van der Waals surface area contributed by atoms with E-state index in [1.54, 1.807) is 18.6 Å². The maximum Gasteiger partial charge on any atom is 0.268 e. The fraction of sp³-hybridized carbons (Fsp3) is 0. The van der Waals surface area contributed by atoms with E-state index in [4.69, 9.17) is 8.94 Å². The maximum absolute atomic E-state index is 5.10. The van der Waals surface area contributed by atoms with Crippen LogP contribution in [0.5, 0.6) is 0 Å². The Hall–Kier alpha value is -2.56. The lowest BCUT2D eigenvalue weighted by Crippen LogP contribution is -1.91. The standard InChI is InChI=1S/C12H9N3O2/c1-2-4-10(5-3-1)13-12-14-11(17-15-12)9-6-7-16-8-9/h1-8H,(H,13,15). The van der Waals surface area contributed by atoms with Gasteiger partial charge < -0.3 is 14.3 Å². The molecule has 17 heavy (non-hydrogen) atoms. The monoisotopic (exact) mass is 227 g/mol. The second-order valence-electron chi connectivity index (χ2n) is 3.43. The molecular weight excluding hydrogens is 218 g/mol. The predicted molar refractivity (Wildman–Crippen MR) is 61.7 cm³/mol. The molecule has 0 aliphatic heterocycles. The molecule has 0 aliphatic rings. The molecule has 2 aromatic heterocycles. The minimum atomic E-state index is 0.424. The van der Waals surface area contributed by atoms with Crippen LogP contribution in [-0.4, -0.2) is 10.1 Å². The number of anilines is 2. The molecule has 3 aromatic rings. The minimum Gasteiger partial charge on any atom is -0.472 e. The zero-order chi connectivity index (χ0) is 11.5. The minimum absolute atomic E-state index is 0.424. The van der Waals surface area contributed by atoms with E-state index in [2.05, 4.69) is 15.5 Å². The van der Waals surface area contributed by atoms with E-state index < -0.39 is 0 Å². The number of hydrogen-bond acceptors (Lipinski definition) is 5. The second kappa shape index (κ2) is 4.13. The zero-order valence-corrected chi connectivity index (χ0v) is 8.83. The summed E-state index contributed by atoms with van der Waals surface area (Å²) in [5, 5.41) is 6.87. The Labute approximate surface area is 97.1 Å². The number of furan rings is 1. The first-order valence-electron chi connectivity index (χ1n) is 5.10. The van der Waals surface area contributed by atoms with E-state index in [0.29, 0.717) is 11.8 Å². The molecule has 0 unspecified atom stereocenters. The SMILES string of the molecule is c1ccc(Nc2noc(-c3ccoc3)n2)cc1. The van der Waals surface area contributed by atoms with Crippen molar-refractivity contribution in [3.63, 3.8) is 0 Å². The van der Waals surface area contributed by atoms with Gasteiger partial charge in [-0.05, 0) is 23.4 Å². The number of benzene rings is 1. The van der Waals surface area contributed by atoms with Gasteiger partial charge >= 0.3 is 0 Å². The van der Waals surface area contributed by atoms with Gasteiger partial charge in [0.1, 0.15) is 6.26 Å². The van der Waals surface area contributed by atoms with Crippen molar-refractivity contribution in [1.29, 1.82) is 0 Å². The molecule has 0 bridgehead atoms. The summed E-state index contributed by atoms with van der Waals surface area (Å²) in [6, 6.07) is 11.4. The summed E-state index contributed by atoms with van der Waals surface area (Å²) in [5.41, 5.74) is 1.67. The maximum atomic E-state index is 5.10. The third kappa shape index (κ3) is 2.03. The van der Waals surface area contributed by atoms with Crippen LogP contribution in [0.15, 0.2) is 57.9 Å². The molecule has 5 nitrogen and oxygen atoms in total. The van der Waals surface area contributed by atoms with E-state index in [-0.39, 0.29) is 0 Å². The summed E-state index contributed by atoms with van der Waals surface area (Å²) < 4.78 is 10.0. The molecule has 84 valence electrons. The average Bonchev–Trinajstić information content (AvgIpc) is 3.00. The highest BCUT2D eigenvalue weighted by molar-refractivity contribution is 5.56. The number of nitrogens with one attached hydrogen (secondary N) is 1. The molecule has 0 aliphatic carbocycles. The number of aromatic nitrogens is 2. The number of para-hydroxylation sites is 1. The van der Waals surface area contributed by atoms with Crippen LogP contribution in [-0.2, 0) is 0 Å². The van der Waals surface area contributed by atoms with E-state index in [0.717, 1.165) is 11.3 Å². The molecular formula is C12H9N3O2. The van der Waals surface area contributed by atoms with Crippen molar-refractivity contribution in [2.75, 3.05) is 5.32 Å². The van der Waals surface area contributed by atoms with Gasteiger partial charge in [0, 0.05) is 5.69 Å². The molecule has 0 atom stereocenters. The fourth-order valence-electron chi connectivity index (χ4n) is 1.43. The van der Waals surface area contributed by atoms with Gasteiger partial charge in [-0.25, -0.2) is 0 Å². The molecule has 0 amide bonds. The predicted octanol–water partition coefficient (Wildman–Crippen LogP) is 3.07. The van der Waals surface area contributed by atoms with Gasteiger partial charge in [0.15, 0.2) is 0 Å². The quantitative estimate of drug-likeness (QED) is 0.744. The molecule has 1 N–H and O–H groups in total. The topological polar surface area (TPSA) is 64.1 Å². The Bertz CT molecular complexity index is 587. The van der Waals surface area contributed by atoms with Crippen molar-refractivity contribution in [1.82, 2.24) is 10.1 Å². The molecule has 0 saturated heterocycles. The van der Waals surface area contributed by atoms with E-state index in [9.17, 15) is 0 Å². The lowest BCUT2D eigenvalue weighted by Gasteiger charge is -1.98. The summed E-state index contributed by atoms with van der Waals surface area (Å²) in [7, 11) is 0. The molecule has 1 aromatic carbocycles. The van der Waals surface area contributed by atoms with Gasteiger partial charge in [0.2, 0.25) is 0 Å². The first kappa shape index (κ1) is 9.65. The van der Waals surface area contributed by atoms with Gasteiger partial charge in [0.25, 0.3) is 11.8 Å². The summed E-state index contributed by atoms with van der Waals surface area (Å²) in [6.07, 6.45) is 3.11. The van der Waals surface area contributed by atoms with Gasteiger partial charge in [-0.2, -0.15) is 4.98 Å². The van der Waals surface area contributed by atoms with Crippen LogP contribution in [0.2, 0.25) is 0 Å². The Balaban J connectivity index is 1.82. The van der Waals surface area contributed by atoms with Gasteiger partial charge in [-0.15, -0.1) is 0 Å². The molecule has 2 heterocycles. The molecule has 0 saturated carbocycles. The third-order valence-electron chi connectivity index (χ3n) is 2.22. The Morgan fingerprint density at radius 2 is 1.94 bits per heavy atom. The van der Waals surface area contributed by atoms with Crippen LogP contribution in [0, 0.1) is 0 Å². The van der Waals surface area contributed by atoms with E-state index in [1.807, 2.05) is 30.3 Å². The molecule has 5 heteroatoms. The van der Waals surface area contributed by atoms with Gasteiger partial charge in [-0.1, -0.05) is 18.2 Å². The van der Waals surface area contributed by atoms with Crippen molar-refractivity contribution in [2.45, 2.75) is 0 Å². The first-order valence-corrected chi connectivity index (χ1v) is 5.10. The highest BCUT2D eigenvalue weighted by atomic mass is 16.5. The largest absolute Gasteiger partial charge is 0.472 e. The van der Waals surface area contributed by atoms with Crippen molar-refractivity contribution >= 4 is 11.6 Å². The zero-order valence-electron chi connectivity index (χ0n) is 8.83. The van der Waals surface area contributed by atoms with Crippen LogP contribution in [0.1, 0.15) is 0 Å². The highest BCUT2D eigenvalue weighted by Gasteiger charge is 2.09. The van der Waals surface area contributed by atoms with Crippen LogP contribution < -0.4 is 5.32 Å². The summed E-state index contributed by atoms with van der Waals surface area (Å²) in [5.74, 6) is 0.851.